The van der Waals surface area contributed by atoms with Crippen molar-refractivity contribution in [3.05, 3.63) is 28.3 Å². The van der Waals surface area contributed by atoms with Crippen LogP contribution in [0.5, 0.6) is 0 Å². The van der Waals surface area contributed by atoms with Crippen LogP contribution in [-0.2, 0) is 35.7 Å². The zero-order valence-electron chi connectivity index (χ0n) is 15.9. The Hall–Kier alpha value is -1.56. The lowest BCUT2D eigenvalue weighted by Crippen LogP contribution is -2.40. The average molecular weight is 379 g/mol. The lowest BCUT2D eigenvalue weighted by Gasteiger charge is -2.18. The van der Waals surface area contributed by atoms with E-state index in [1.54, 1.807) is 6.92 Å². The van der Waals surface area contributed by atoms with Gasteiger partial charge in [0.25, 0.3) is 0 Å². The van der Waals surface area contributed by atoms with E-state index in [0.717, 1.165) is 63.5 Å². The van der Waals surface area contributed by atoms with Gasteiger partial charge in [-0.2, -0.15) is 0 Å². The van der Waals surface area contributed by atoms with Crippen molar-refractivity contribution < 1.29 is 13.2 Å². The number of fused-ring (bicyclic) bond motifs is 2. The fraction of sp³-hybridized carbons (Fsp3) is 0.650. The fourth-order valence-corrected chi connectivity index (χ4v) is 5.16. The molecule has 1 aromatic carbocycles. The fourth-order valence-electron chi connectivity index (χ4n) is 4.17. The van der Waals surface area contributed by atoms with Gasteiger partial charge in [-0.25, -0.2) is 17.9 Å². The maximum absolute atomic E-state index is 12.5. The summed E-state index contributed by atoms with van der Waals surface area (Å²) < 4.78 is 27.1. The summed E-state index contributed by atoms with van der Waals surface area (Å²) in [5.74, 6) is 0. The molecule has 2 amide bonds. The molecular weight excluding hydrogens is 348 g/mol. The highest BCUT2D eigenvalue weighted by atomic mass is 32.2. The Kier molecular flexibility index (Phi) is 5.90. The van der Waals surface area contributed by atoms with Crippen molar-refractivity contribution in [1.82, 2.24) is 4.72 Å². The standard InChI is InChI=1S/C20H30N2O3S/c1-3-4-5-8-14(2)26(24,25)22-20(23)21-19-17-11-6-9-15(17)13-16-10-7-12-18(16)19/h13-14H,3-12H2,1-2H3,(H2,21,22,23). The van der Waals surface area contributed by atoms with Crippen LogP contribution in [0.3, 0.4) is 0 Å². The van der Waals surface area contributed by atoms with Gasteiger partial charge in [-0.05, 0) is 74.1 Å². The Morgan fingerprint density at radius 1 is 1.08 bits per heavy atom. The van der Waals surface area contributed by atoms with Crippen LogP contribution < -0.4 is 10.0 Å². The predicted molar refractivity (Wildman–Crippen MR) is 105 cm³/mol. The Morgan fingerprint density at radius 2 is 1.69 bits per heavy atom. The number of carbonyl (C=O) groups excluding carboxylic acids is 1. The quantitative estimate of drug-likeness (QED) is 0.702. The molecular formula is C20H30N2O3S. The van der Waals surface area contributed by atoms with Gasteiger partial charge in [0.2, 0.25) is 10.0 Å². The predicted octanol–water partition coefficient (Wildman–Crippen LogP) is 4.08. The van der Waals surface area contributed by atoms with E-state index >= 15 is 0 Å². The maximum atomic E-state index is 12.5. The molecule has 1 unspecified atom stereocenters. The first-order chi connectivity index (χ1) is 12.4. The summed E-state index contributed by atoms with van der Waals surface area (Å²) in [4.78, 5) is 12.5. The molecule has 5 nitrogen and oxygen atoms in total. The number of sulfonamides is 1. The molecule has 2 aliphatic rings. The largest absolute Gasteiger partial charge is 0.332 e. The van der Waals surface area contributed by atoms with Gasteiger partial charge in [0.05, 0.1) is 5.25 Å². The highest BCUT2D eigenvalue weighted by molar-refractivity contribution is 7.90. The van der Waals surface area contributed by atoms with Gasteiger partial charge in [0.1, 0.15) is 0 Å². The maximum Gasteiger partial charge on any atom is 0.332 e. The van der Waals surface area contributed by atoms with Gasteiger partial charge >= 0.3 is 6.03 Å². The van der Waals surface area contributed by atoms with Crippen LogP contribution in [0.2, 0.25) is 0 Å². The lowest BCUT2D eigenvalue weighted by molar-refractivity contribution is 0.256. The Labute approximate surface area is 157 Å². The normalized spacial score (nSPS) is 16.8. The smallest absolute Gasteiger partial charge is 0.307 e. The minimum absolute atomic E-state index is 0.563. The van der Waals surface area contributed by atoms with E-state index < -0.39 is 21.3 Å². The van der Waals surface area contributed by atoms with Crippen molar-refractivity contribution in [3.8, 4) is 0 Å². The van der Waals surface area contributed by atoms with Crippen LogP contribution in [0, 0.1) is 0 Å². The molecule has 0 spiro atoms. The third-order valence-corrected chi connectivity index (χ3v) is 7.46. The van der Waals surface area contributed by atoms with E-state index in [9.17, 15) is 13.2 Å². The van der Waals surface area contributed by atoms with Crippen molar-refractivity contribution in [2.45, 2.75) is 83.3 Å². The number of benzene rings is 1. The first-order valence-electron chi connectivity index (χ1n) is 9.91. The Morgan fingerprint density at radius 3 is 2.27 bits per heavy atom. The number of rotatable bonds is 7. The number of carbonyl (C=O) groups is 1. The van der Waals surface area contributed by atoms with E-state index in [1.165, 1.54) is 22.3 Å². The van der Waals surface area contributed by atoms with Crippen LogP contribution in [0.1, 0.15) is 74.6 Å². The average Bonchev–Trinajstić information content (AvgIpc) is 3.23. The number of urea groups is 1. The molecule has 1 aromatic rings. The molecule has 0 fully saturated rings. The minimum atomic E-state index is -3.65. The number of unbranched alkanes of at least 4 members (excludes halogenated alkanes) is 2. The van der Waals surface area contributed by atoms with Crippen molar-refractivity contribution in [3.63, 3.8) is 0 Å². The van der Waals surface area contributed by atoms with Crippen molar-refractivity contribution in [2.24, 2.45) is 0 Å². The zero-order valence-corrected chi connectivity index (χ0v) is 16.7. The number of hydrogen-bond donors (Lipinski definition) is 2. The molecule has 0 heterocycles. The topological polar surface area (TPSA) is 75.3 Å². The SMILES string of the molecule is CCCCCC(C)S(=O)(=O)NC(=O)Nc1c2c(cc3c1CCC3)CCC2. The third kappa shape index (κ3) is 4.05. The van der Waals surface area contributed by atoms with E-state index in [1.807, 2.05) is 0 Å². The first-order valence-corrected chi connectivity index (χ1v) is 11.5. The molecule has 0 saturated heterocycles. The second kappa shape index (κ2) is 7.99. The molecule has 0 radical (unpaired) electrons. The van der Waals surface area contributed by atoms with Crippen LogP contribution in [0.25, 0.3) is 0 Å². The van der Waals surface area contributed by atoms with E-state index in [0.29, 0.717) is 6.42 Å². The zero-order chi connectivity index (χ0) is 18.7. The third-order valence-electron chi connectivity index (χ3n) is 5.69. The second-order valence-electron chi connectivity index (χ2n) is 7.64. The summed E-state index contributed by atoms with van der Waals surface area (Å²) in [7, 11) is -3.65. The summed E-state index contributed by atoms with van der Waals surface area (Å²) >= 11 is 0. The molecule has 0 saturated carbocycles. The molecule has 3 rings (SSSR count). The molecule has 2 N–H and O–H groups in total. The highest BCUT2D eigenvalue weighted by Gasteiger charge is 2.27. The van der Waals surface area contributed by atoms with E-state index in [2.05, 4.69) is 23.0 Å². The van der Waals surface area contributed by atoms with Crippen LogP contribution in [-0.4, -0.2) is 19.7 Å². The number of nitrogens with one attached hydrogen (secondary N) is 2. The van der Waals surface area contributed by atoms with Crippen LogP contribution >= 0.6 is 0 Å². The molecule has 0 aromatic heterocycles. The molecule has 2 aliphatic carbocycles. The summed E-state index contributed by atoms with van der Waals surface area (Å²) in [5, 5.41) is 2.33. The number of anilines is 1. The van der Waals surface area contributed by atoms with Gasteiger partial charge in [0, 0.05) is 5.69 Å². The van der Waals surface area contributed by atoms with Gasteiger partial charge in [-0.3, -0.25) is 0 Å². The second-order valence-corrected chi connectivity index (χ2v) is 9.74. The Bertz CT molecular complexity index is 754. The van der Waals surface area contributed by atoms with Gasteiger partial charge < -0.3 is 5.32 Å². The summed E-state index contributed by atoms with van der Waals surface area (Å²) in [6.07, 6.45) is 9.70. The monoisotopic (exact) mass is 378 g/mol. The van der Waals surface area contributed by atoms with Crippen molar-refractivity contribution in [1.29, 1.82) is 0 Å². The molecule has 144 valence electrons. The summed E-state index contributed by atoms with van der Waals surface area (Å²) in [6, 6.07) is 1.67. The summed E-state index contributed by atoms with van der Waals surface area (Å²) in [6.45, 7) is 3.75. The number of hydrogen-bond acceptors (Lipinski definition) is 3. The van der Waals surface area contributed by atoms with Gasteiger partial charge in [-0.15, -0.1) is 0 Å². The Balaban J connectivity index is 1.71. The van der Waals surface area contributed by atoms with E-state index in [-0.39, 0.29) is 0 Å². The highest BCUT2D eigenvalue weighted by Crippen LogP contribution is 2.38. The summed E-state index contributed by atoms with van der Waals surface area (Å²) in [5.41, 5.74) is 5.91. The van der Waals surface area contributed by atoms with Gasteiger partial charge in [0.15, 0.2) is 0 Å². The van der Waals surface area contributed by atoms with Gasteiger partial charge in [-0.1, -0.05) is 32.3 Å². The number of amides is 2. The minimum Gasteiger partial charge on any atom is -0.307 e. The van der Waals surface area contributed by atoms with Crippen LogP contribution in [0.4, 0.5) is 10.5 Å². The molecule has 1 atom stereocenters. The molecule has 0 aliphatic heterocycles. The lowest BCUT2D eigenvalue weighted by atomic mass is 9.99. The van der Waals surface area contributed by atoms with E-state index in [4.69, 9.17) is 0 Å². The van der Waals surface area contributed by atoms with Crippen LogP contribution in [0.15, 0.2) is 6.07 Å². The first kappa shape index (κ1) is 19.2. The molecule has 0 bridgehead atoms. The van der Waals surface area contributed by atoms with Crippen molar-refractivity contribution in [2.75, 3.05) is 5.32 Å². The molecule has 26 heavy (non-hydrogen) atoms. The number of aryl methyl sites for hydroxylation is 2. The van der Waals surface area contributed by atoms with Crippen molar-refractivity contribution >= 4 is 21.7 Å². The molecule has 6 heteroatoms.